The van der Waals surface area contributed by atoms with Crippen LogP contribution in [0.4, 0.5) is 5.69 Å². The number of hydrogen-bond donors (Lipinski definition) is 2. The Kier molecular flexibility index (Phi) is 3.39. The van der Waals surface area contributed by atoms with Crippen molar-refractivity contribution in [2.75, 3.05) is 12.5 Å². The first kappa shape index (κ1) is 13.3. The second-order valence-electron chi connectivity index (χ2n) is 4.89. The lowest BCUT2D eigenvalue weighted by Crippen LogP contribution is -2.27. The fourth-order valence-electron chi connectivity index (χ4n) is 2.30. The number of carbonyl (C=O) groups is 1. The van der Waals surface area contributed by atoms with Gasteiger partial charge in [-0.25, -0.2) is 0 Å². The number of nitrogens with one attached hydrogen (secondary N) is 1. The molecule has 0 bridgehead atoms. The minimum Gasteiger partial charge on any atom is -0.454 e. The molecule has 0 saturated heterocycles. The summed E-state index contributed by atoms with van der Waals surface area (Å²) in [5, 5.41) is 2.93. The lowest BCUT2D eigenvalue weighted by molar-refractivity contribution is 0.0939. The number of ether oxygens (including phenoxy) is 2. The number of amides is 1. The van der Waals surface area contributed by atoms with E-state index < -0.39 is 0 Å². The standard InChI is InChI=1S/C16H16N2O3/c1-10(12-4-2-3-5-13(12)17)18-16(19)11-6-7-14-15(8-11)21-9-20-14/h2-8,10H,9,17H2,1H3,(H,18,19). The lowest BCUT2D eigenvalue weighted by Gasteiger charge is -2.16. The maximum atomic E-state index is 12.3. The van der Waals surface area contributed by atoms with Gasteiger partial charge in [0.05, 0.1) is 6.04 Å². The molecule has 0 aromatic heterocycles. The summed E-state index contributed by atoms with van der Waals surface area (Å²) < 4.78 is 10.5. The van der Waals surface area contributed by atoms with E-state index in [1.165, 1.54) is 0 Å². The Bertz CT molecular complexity index is 685. The Labute approximate surface area is 122 Å². The minimum atomic E-state index is -0.177. The quantitative estimate of drug-likeness (QED) is 0.849. The summed E-state index contributed by atoms with van der Waals surface area (Å²) >= 11 is 0. The molecule has 1 amide bonds. The van der Waals surface area contributed by atoms with Crippen molar-refractivity contribution >= 4 is 11.6 Å². The van der Waals surface area contributed by atoms with E-state index in [9.17, 15) is 4.79 Å². The molecule has 1 atom stereocenters. The second kappa shape index (κ2) is 5.36. The van der Waals surface area contributed by atoms with Gasteiger partial charge in [-0.2, -0.15) is 0 Å². The third-order valence-electron chi connectivity index (χ3n) is 3.44. The van der Waals surface area contributed by atoms with Crippen LogP contribution in [0, 0.1) is 0 Å². The van der Waals surface area contributed by atoms with Gasteiger partial charge in [0.2, 0.25) is 6.79 Å². The van der Waals surface area contributed by atoms with E-state index in [-0.39, 0.29) is 18.7 Å². The van der Waals surface area contributed by atoms with E-state index in [0.29, 0.717) is 22.7 Å². The molecule has 3 rings (SSSR count). The maximum Gasteiger partial charge on any atom is 0.251 e. The van der Waals surface area contributed by atoms with Crippen LogP contribution in [0.25, 0.3) is 0 Å². The van der Waals surface area contributed by atoms with E-state index in [1.807, 2.05) is 31.2 Å². The molecule has 5 heteroatoms. The molecule has 0 saturated carbocycles. The fraction of sp³-hybridized carbons (Fsp3) is 0.188. The number of carbonyl (C=O) groups excluding carboxylic acids is 1. The smallest absolute Gasteiger partial charge is 0.251 e. The zero-order valence-electron chi connectivity index (χ0n) is 11.6. The molecule has 1 unspecified atom stereocenters. The number of hydrogen-bond acceptors (Lipinski definition) is 4. The van der Waals surface area contributed by atoms with Crippen LogP contribution in [-0.2, 0) is 0 Å². The summed E-state index contributed by atoms with van der Waals surface area (Å²) in [6, 6.07) is 12.4. The van der Waals surface area contributed by atoms with Crippen LogP contribution < -0.4 is 20.5 Å². The van der Waals surface area contributed by atoms with Gasteiger partial charge in [0.15, 0.2) is 11.5 Å². The molecule has 5 nitrogen and oxygen atoms in total. The fourth-order valence-corrected chi connectivity index (χ4v) is 2.30. The Balaban J connectivity index is 1.76. The highest BCUT2D eigenvalue weighted by atomic mass is 16.7. The number of rotatable bonds is 3. The summed E-state index contributed by atoms with van der Waals surface area (Å²) in [5.74, 6) is 1.07. The summed E-state index contributed by atoms with van der Waals surface area (Å²) in [4.78, 5) is 12.3. The van der Waals surface area contributed by atoms with Gasteiger partial charge in [-0.05, 0) is 36.8 Å². The van der Waals surface area contributed by atoms with Crippen molar-refractivity contribution in [3.05, 3.63) is 53.6 Å². The van der Waals surface area contributed by atoms with Crippen LogP contribution in [0.15, 0.2) is 42.5 Å². The van der Waals surface area contributed by atoms with E-state index in [2.05, 4.69) is 5.32 Å². The SMILES string of the molecule is CC(NC(=O)c1ccc2c(c1)OCO2)c1ccccc1N. The van der Waals surface area contributed by atoms with Gasteiger partial charge in [0.25, 0.3) is 5.91 Å². The molecule has 3 N–H and O–H groups in total. The Morgan fingerprint density at radius 3 is 2.76 bits per heavy atom. The predicted octanol–water partition coefficient (Wildman–Crippen LogP) is 2.49. The largest absolute Gasteiger partial charge is 0.454 e. The average molecular weight is 284 g/mol. The zero-order valence-corrected chi connectivity index (χ0v) is 11.6. The van der Waals surface area contributed by atoms with Gasteiger partial charge in [0.1, 0.15) is 0 Å². The highest BCUT2D eigenvalue weighted by Crippen LogP contribution is 2.32. The third-order valence-corrected chi connectivity index (χ3v) is 3.44. The van der Waals surface area contributed by atoms with Gasteiger partial charge >= 0.3 is 0 Å². The molecule has 0 spiro atoms. The van der Waals surface area contributed by atoms with Crippen molar-refractivity contribution in [3.63, 3.8) is 0 Å². The van der Waals surface area contributed by atoms with Crippen LogP contribution >= 0.6 is 0 Å². The normalized spacial score (nSPS) is 13.8. The van der Waals surface area contributed by atoms with Crippen LogP contribution in [0.2, 0.25) is 0 Å². The summed E-state index contributed by atoms with van der Waals surface area (Å²) in [5.41, 5.74) is 8.01. The molecular weight excluding hydrogens is 268 g/mol. The summed E-state index contributed by atoms with van der Waals surface area (Å²) in [6.07, 6.45) is 0. The predicted molar refractivity (Wildman–Crippen MR) is 79.3 cm³/mol. The highest BCUT2D eigenvalue weighted by Gasteiger charge is 2.18. The second-order valence-corrected chi connectivity index (χ2v) is 4.89. The molecule has 2 aromatic carbocycles. The molecule has 0 radical (unpaired) electrons. The molecule has 0 aliphatic carbocycles. The monoisotopic (exact) mass is 284 g/mol. The van der Waals surface area contributed by atoms with Crippen molar-refractivity contribution < 1.29 is 14.3 Å². The lowest BCUT2D eigenvalue weighted by atomic mass is 10.1. The van der Waals surface area contributed by atoms with Crippen LogP contribution in [0.1, 0.15) is 28.9 Å². The van der Waals surface area contributed by atoms with Gasteiger partial charge in [0, 0.05) is 11.3 Å². The Morgan fingerprint density at radius 2 is 1.95 bits per heavy atom. The summed E-state index contributed by atoms with van der Waals surface area (Å²) in [7, 11) is 0. The van der Waals surface area contributed by atoms with E-state index in [4.69, 9.17) is 15.2 Å². The molecule has 2 aromatic rings. The van der Waals surface area contributed by atoms with Gasteiger partial charge in [-0.1, -0.05) is 18.2 Å². The zero-order chi connectivity index (χ0) is 14.8. The van der Waals surface area contributed by atoms with Crippen LogP contribution in [0.5, 0.6) is 11.5 Å². The van der Waals surface area contributed by atoms with E-state index in [1.54, 1.807) is 18.2 Å². The molecule has 1 aliphatic heterocycles. The topological polar surface area (TPSA) is 73.6 Å². The number of para-hydroxylation sites is 1. The molecule has 21 heavy (non-hydrogen) atoms. The number of anilines is 1. The number of benzene rings is 2. The average Bonchev–Trinajstić information content (AvgIpc) is 2.94. The van der Waals surface area contributed by atoms with Crippen LogP contribution in [-0.4, -0.2) is 12.7 Å². The molecule has 0 fully saturated rings. The van der Waals surface area contributed by atoms with E-state index >= 15 is 0 Å². The van der Waals surface area contributed by atoms with Crippen molar-refractivity contribution in [1.82, 2.24) is 5.32 Å². The Hall–Kier alpha value is -2.69. The molecular formula is C16H16N2O3. The molecule has 1 heterocycles. The first-order valence-electron chi connectivity index (χ1n) is 6.70. The van der Waals surface area contributed by atoms with Crippen molar-refractivity contribution in [2.45, 2.75) is 13.0 Å². The van der Waals surface area contributed by atoms with E-state index in [0.717, 1.165) is 5.56 Å². The third kappa shape index (κ3) is 2.63. The first-order chi connectivity index (χ1) is 10.1. The van der Waals surface area contributed by atoms with Crippen molar-refractivity contribution in [1.29, 1.82) is 0 Å². The Morgan fingerprint density at radius 1 is 1.19 bits per heavy atom. The number of fused-ring (bicyclic) bond motifs is 1. The van der Waals surface area contributed by atoms with Crippen LogP contribution in [0.3, 0.4) is 0 Å². The number of nitrogen functional groups attached to an aromatic ring is 1. The van der Waals surface area contributed by atoms with Gasteiger partial charge < -0.3 is 20.5 Å². The summed E-state index contributed by atoms with van der Waals surface area (Å²) in [6.45, 7) is 2.09. The molecule has 1 aliphatic rings. The first-order valence-corrected chi connectivity index (χ1v) is 6.70. The molecule has 108 valence electrons. The number of nitrogens with two attached hydrogens (primary N) is 1. The van der Waals surface area contributed by atoms with Gasteiger partial charge in [-0.3, -0.25) is 4.79 Å². The van der Waals surface area contributed by atoms with Crippen molar-refractivity contribution in [2.24, 2.45) is 0 Å². The highest BCUT2D eigenvalue weighted by molar-refractivity contribution is 5.95. The maximum absolute atomic E-state index is 12.3. The minimum absolute atomic E-state index is 0.177. The van der Waals surface area contributed by atoms with Crippen molar-refractivity contribution in [3.8, 4) is 11.5 Å². The van der Waals surface area contributed by atoms with Gasteiger partial charge in [-0.15, -0.1) is 0 Å².